The third-order valence-corrected chi connectivity index (χ3v) is 2.72. The highest BCUT2D eigenvalue weighted by molar-refractivity contribution is 4.75. The molecule has 2 heteroatoms. The van der Waals surface area contributed by atoms with Gasteiger partial charge in [0.2, 0.25) is 0 Å². The molecule has 0 aromatic heterocycles. The summed E-state index contributed by atoms with van der Waals surface area (Å²) in [6.45, 7) is 9.25. The zero-order chi connectivity index (χ0) is 9.90. The first-order valence-electron chi connectivity index (χ1n) is 5.42. The molecular formula is C11H23NO. The molecule has 78 valence electrons. The maximum absolute atomic E-state index is 9.69. The summed E-state index contributed by atoms with van der Waals surface area (Å²) in [5, 5.41) is 9.69. The first-order valence-corrected chi connectivity index (χ1v) is 5.42. The van der Waals surface area contributed by atoms with Crippen molar-refractivity contribution in [3.8, 4) is 0 Å². The van der Waals surface area contributed by atoms with Crippen LogP contribution in [0.2, 0.25) is 0 Å². The number of hydrogen-bond donors (Lipinski definition) is 1. The van der Waals surface area contributed by atoms with Crippen LogP contribution in [-0.4, -0.2) is 35.2 Å². The van der Waals surface area contributed by atoms with E-state index in [4.69, 9.17) is 0 Å². The van der Waals surface area contributed by atoms with Gasteiger partial charge < -0.3 is 10.0 Å². The standard InChI is InChI=1S/C11H23NO/c1-10-5-4-7-12(8-6-10)9-11(2,3)13/h10,13H,4-9H2,1-3H3. The molecule has 0 saturated carbocycles. The average Bonchev–Trinajstić information content (AvgIpc) is 2.12. The van der Waals surface area contributed by atoms with Crippen LogP contribution in [0.3, 0.4) is 0 Å². The molecule has 0 aromatic carbocycles. The summed E-state index contributed by atoms with van der Waals surface area (Å²) in [5.74, 6) is 0.867. The molecule has 0 amide bonds. The van der Waals surface area contributed by atoms with Crippen LogP contribution in [-0.2, 0) is 0 Å². The van der Waals surface area contributed by atoms with E-state index in [1.807, 2.05) is 13.8 Å². The van der Waals surface area contributed by atoms with Gasteiger partial charge in [0.05, 0.1) is 5.60 Å². The Hall–Kier alpha value is -0.0800. The summed E-state index contributed by atoms with van der Waals surface area (Å²) in [6.07, 6.45) is 3.93. The van der Waals surface area contributed by atoms with Crippen LogP contribution in [0.5, 0.6) is 0 Å². The van der Waals surface area contributed by atoms with Gasteiger partial charge in [-0.1, -0.05) is 6.92 Å². The SMILES string of the molecule is CC1CCCN(CC(C)(C)O)CC1. The van der Waals surface area contributed by atoms with Crippen LogP contribution < -0.4 is 0 Å². The van der Waals surface area contributed by atoms with Crippen molar-refractivity contribution in [2.45, 2.75) is 45.6 Å². The molecule has 0 bridgehead atoms. The molecule has 0 aliphatic carbocycles. The highest BCUT2D eigenvalue weighted by Gasteiger charge is 2.20. The molecular weight excluding hydrogens is 162 g/mol. The molecule has 1 unspecified atom stereocenters. The van der Waals surface area contributed by atoms with Gasteiger partial charge in [0, 0.05) is 6.54 Å². The molecule has 1 rings (SSSR count). The molecule has 13 heavy (non-hydrogen) atoms. The second kappa shape index (κ2) is 4.43. The minimum atomic E-state index is -0.534. The second-order valence-corrected chi connectivity index (χ2v) is 5.12. The predicted octanol–water partition coefficient (Wildman–Crippen LogP) is 1.88. The van der Waals surface area contributed by atoms with Gasteiger partial charge in [-0.2, -0.15) is 0 Å². The summed E-state index contributed by atoms with van der Waals surface area (Å²) in [5.41, 5.74) is -0.534. The normalized spacial score (nSPS) is 27.2. The molecule has 0 aromatic rings. The molecule has 1 aliphatic rings. The van der Waals surface area contributed by atoms with E-state index < -0.39 is 5.60 Å². The van der Waals surface area contributed by atoms with Crippen LogP contribution in [0.25, 0.3) is 0 Å². The minimum Gasteiger partial charge on any atom is -0.389 e. The van der Waals surface area contributed by atoms with Crippen LogP contribution in [0.1, 0.15) is 40.0 Å². The van der Waals surface area contributed by atoms with E-state index in [0.717, 1.165) is 25.6 Å². The summed E-state index contributed by atoms with van der Waals surface area (Å²) in [7, 11) is 0. The number of nitrogens with zero attached hydrogens (tertiary/aromatic N) is 1. The lowest BCUT2D eigenvalue weighted by atomic mass is 10.0. The van der Waals surface area contributed by atoms with Crippen LogP contribution in [0.4, 0.5) is 0 Å². The average molecular weight is 185 g/mol. The summed E-state index contributed by atoms with van der Waals surface area (Å²) < 4.78 is 0. The van der Waals surface area contributed by atoms with Crippen molar-refractivity contribution in [2.24, 2.45) is 5.92 Å². The molecule has 1 N–H and O–H groups in total. The van der Waals surface area contributed by atoms with Crippen molar-refractivity contribution < 1.29 is 5.11 Å². The van der Waals surface area contributed by atoms with Gasteiger partial charge in [-0.15, -0.1) is 0 Å². The van der Waals surface area contributed by atoms with Crippen molar-refractivity contribution in [2.75, 3.05) is 19.6 Å². The van der Waals surface area contributed by atoms with Crippen molar-refractivity contribution in [1.29, 1.82) is 0 Å². The van der Waals surface area contributed by atoms with Crippen LogP contribution in [0, 0.1) is 5.92 Å². The molecule has 1 heterocycles. The maximum atomic E-state index is 9.69. The van der Waals surface area contributed by atoms with Gasteiger partial charge in [-0.3, -0.25) is 0 Å². The first-order chi connectivity index (χ1) is 5.97. The van der Waals surface area contributed by atoms with Crippen molar-refractivity contribution in [3.05, 3.63) is 0 Å². The lowest BCUT2D eigenvalue weighted by Crippen LogP contribution is -2.39. The lowest BCUT2D eigenvalue weighted by Gasteiger charge is -2.27. The largest absolute Gasteiger partial charge is 0.389 e. The van der Waals surface area contributed by atoms with Crippen LogP contribution >= 0.6 is 0 Å². The Labute approximate surface area is 81.9 Å². The fourth-order valence-electron chi connectivity index (χ4n) is 2.03. The Kier molecular flexibility index (Phi) is 3.74. The highest BCUT2D eigenvalue weighted by Crippen LogP contribution is 2.17. The van der Waals surface area contributed by atoms with E-state index in [9.17, 15) is 5.11 Å². The third-order valence-electron chi connectivity index (χ3n) is 2.72. The van der Waals surface area contributed by atoms with Gasteiger partial charge in [0.15, 0.2) is 0 Å². The molecule has 1 atom stereocenters. The van der Waals surface area contributed by atoms with E-state index >= 15 is 0 Å². The summed E-state index contributed by atoms with van der Waals surface area (Å²) in [4.78, 5) is 2.39. The van der Waals surface area contributed by atoms with Gasteiger partial charge >= 0.3 is 0 Å². The molecule has 0 spiro atoms. The highest BCUT2D eigenvalue weighted by atomic mass is 16.3. The summed E-state index contributed by atoms with van der Waals surface area (Å²) >= 11 is 0. The van der Waals surface area contributed by atoms with E-state index in [-0.39, 0.29) is 0 Å². The fraction of sp³-hybridized carbons (Fsp3) is 1.00. The Morgan fingerprint density at radius 3 is 2.62 bits per heavy atom. The molecule has 1 saturated heterocycles. The smallest absolute Gasteiger partial charge is 0.0718 e. The molecule has 0 radical (unpaired) electrons. The van der Waals surface area contributed by atoms with E-state index in [2.05, 4.69) is 11.8 Å². The topological polar surface area (TPSA) is 23.5 Å². The lowest BCUT2D eigenvalue weighted by molar-refractivity contribution is 0.0371. The van der Waals surface area contributed by atoms with Crippen molar-refractivity contribution >= 4 is 0 Å². The molecule has 1 aliphatic heterocycles. The zero-order valence-corrected chi connectivity index (χ0v) is 9.21. The third kappa shape index (κ3) is 4.63. The number of hydrogen-bond acceptors (Lipinski definition) is 2. The monoisotopic (exact) mass is 185 g/mol. The number of aliphatic hydroxyl groups is 1. The van der Waals surface area contributed by atoms with Gasteiger partial charge in [0.1, 0.15) is 0 Å². The Bertz CT molecular complexity index is 151. The van der Waals surface area contributed by atoms with Crippen molar-refractivity contribution in [3.63, 3.8) is 0 Å². The second-order valence-electron chi connectivity index (χ2n) is 5.12. The number of rotatable bonds is 2. The Morgan fingerprint density at radius 2 is 2.00 bits per heavy atom. The maximum Gasteiger partial charge on any atom is 0.0718 e. The summed E-state index contributed by atoms with van der Waals surface area (Å²) in [6, 6.07) is 0. The number of β-amino-alcohol motifs (C(OH)–C–C–N with tert-alkyl or cyclic N) is 1. The van der Waals surface area contributed by atoms with Gasteiger partial charge in [0.25, 0.3) is 0 Å². The first kappa shape index (κ1) is 11.0. The Balaban J connectivity index is 2.34. The quantitative estimate of drug-likeness (QED) is 0.710. The fourth-order valence-corrected chi connectivity index (χ4v) is 2.03. The molecule has 2 nitrogen and oxygen atoms in total. The van der Waals surface area contributed by atoms with Gasteiger partial charge in [-0.25, -0.2) is 0 Å². The zero-order valence-electron chi connectivity index (χ0n) is 9.21. The minimum absolute atomic E-state index is 0.534. The molecule has 1 fully saturated rings. The van der Waals surface area contributed by atoms with E-state index in [0.29, 0.717) is 0 Å². The van der Waals surface area contributed by atoms with E-state index in [1.165, 1.54) is 19.3 Å². The number of likely N-dealkylation sites (tertiary alicyclic amines) is 1. The van der Waals surface area contributed by atoms with Crippen LogP contribution in [0.15, 0.2) is 0 Å². The Morgan fingerprint density at radius 1 is 1.31 bits per heavy atom. The predicted molar refractivity (Wildman–Crippen MR) is 55.8 cm³/mol. The van der Waals surface area contributed by atoms with Crippen molar-refractivity contribution in [1.82, 2.24) is 4.90 Å². The van der Waals surface area contributed by atoms with Gasteiger partial charge in [-0.05, 0) is 52.1 Å². The van der Waals surface area contributed by atoms with E-state index in [1.54, 1.807) is 0 Å².